The summed E-state index contributed by atoms with van der Waals surface area (Å²) in [5.41, 5.74) is 0. The van der Waals surface area contributed by atoms with E-state index in [1.165, 1.54) is 0 Å². The predicted octanol–water partition coefficient (Wildman–Crippen LogP) is 1.17. The van der Waals surface area contributed by atoms with Crippen LogP contribution in [0.4, 0.5) is 0 Å². The van der Waals surface area contributed by atoms with Crippen molar-refractivity contribution in [3.63, 3.8) is 0 Å². The van der Waals surface area contributed by atoms with Crippen molar-refractivity contribution in [3.8, 4) is 5.75 Å². The van der Waals surface area contributed by atoms with Crippen LogP contribution in [-0.2, 0) is 0 Å². The maximum atomic E-state index is 9.60. The first-order chi connectivity index (χ1) is 6.15. The second-order valence-corrected chi connectivity index (χ2v) is 3.17. The largest absolute Gasteiger partial charge is 0.494 e. The highest BCUT2D eigenvalue weighted by Gasteiger charge is 2.14. The molecule has 1 atom stereocenters. The van der Waals surface area contributed by atoms with Crippen LogP contribution in [0, 0.1) is 5.92 Å². The summed E-state index contributed by atoms with van der Waals surface area (Å²) in [5.74, 6) is 1.16. The fourth-order valence-corrected chi connectivity index (χ4v) is 0.882. The Morgan fingerprint density at radius 3 is 2.23 bits per heavy atom. The molecule has 1 rings (SSSR count). The van der Waals surface area contributed by atoms with E-state index in [0.29, 0.717) is 11.6 Å². The molecule has 0 saturated carbocycles. The molecule has 0 spiro atoms. The van der Waals surface area contributed by atoms with Gasteiger partial charge >= 0.3 is 0 Å². The summed E-state index contributed by atoms with van der Waals surface area (Å²) >= 11 is 0. The molecular weight excluding hydrogens is 168 g/mol. The van der Waals surface area contributed by atoms with E-state index in [1.807, 2.05) is 13.8 Å². The summed E-state index contributed by atoms with van der Waals surface area (Å²) in [7, 11) is 1.55. The topological polar surface area (TPSA) is 55.2 Å². The van der Waals surface area contributed by atoms with Gasteiger partial charge in [-0.05, 0) is 5.92 Å². The van der Waals surface area contributed by atoms with Crippen LogP contribution in [0.1, 0.15) is 25.8 Å². The zero-order valence-corrected chi connectivity index (χ0v) is 8.06. The number of hydrogen-bond donors (Lipinski definition) is 1. The third-order valence-corrected chi connectivity index (χ3v) is 1.78. The molecule has 13 heavy (non-hydrogen) atoms. The lowest BCUT2D eigenvalue weighted by Crippen LogP contribution is -2.09. The van der Waals surface area contributed by atoms with Crippen molar-refractivity contribution in [2.45, 2.75) is 20.0 Å². The summed E-state index contributed by atoms with van der Waals surface area (Å²) < 4.78 is 4.90. The summed E-state index contributed by atoms with van der Waals surface area (Å²) in [6, 6.07) is 0. The van der Waals surface area contributed by atoms with Gasteiger partial charge in [0, 0.05) is 0 Å². The Labute approximate surface area is 77.6 Å². The van der Waals surface area contributed by atoms with Crippen LogP contribution in [0.2, 0.25) is 0 Å². The Kier molecular flexibility index (Phi) is 3.19. The minimum atomic E-state index is -0.606. The van der Waals surface area contributed by atoms with Gasteiger partial charge in [0.1, 0.15) is 6.10 Å². The van der Waals surface area contributed by atoms with Gasteiger partial charge < -0.3 is 9.84 Å². The molecule has 1 heterocycles. The molecule has 0 aromatic carbocycles. The van der Waals surface area contributed by atoms with E-state index >= 15 is 0 Å². The Hall–Kier alpha value is -1.16. The summed E-state index contributed by atoms with van der Waals surface area (Å²) in [6.07, 6.45) is 2.49. The highest BCUT2D eigenvalue weighted by molar-refractivity contribution is 5.12. The van der Waals surface area contributed by atoms with Gasteiger partial charge in [-0.25, -0.2) is 9.97 Å². The highest BCUT2D eigenvalue weighted by atomic mass is 16.5. The first-order valence-electron chi connectivity index (χ1n) is 4.19. The maximum absolute atomic E-state index is 9.60. The van der Waals surface area contributed by atoms with Crippen LogP contribution in [0.15, 0.2) is 12.4 Å². The van der Waals surface area contributed by atoms with Crippen LogP contribution < -0.4 is 4.74 Å². The van der Waals surface area contributed by atoms with Gasteiger partial charge in [-0.15, -0.1) is 0 Å². The van der Waals surface area contributed by atoms with Gasteiger partial charge in [-0.3, -0.25) is 0 Å². The molecule has 0 radical (unpaired) electrons. The fourth-order valence-electron chi connectivity index (χ4n) is 0.882. The average Bonchev–Trinajstić information content (AvgIpc) is 2.17. The first-order valence-corrected chi connectivity index (χ1v) is 4.19. The molecule has 0 amide bonds. The number of methoxy groups -OCH3 is 1. The smallest absolute Gasteiger partial charge is 0.157 e. The van der Waals surface area contributed by atoms with Crippen molar-refractivity contribution in [1.82, 2.24) is 9.97 Å². The Morgan fingerprint density at radius 1 is 1.31 bits per heavy atom. The minimum absolute atomic E-state index is 0.119. The van der Waals surface area contributed by atoms with E-state index in [4.69, 9.17) is 4.74 Å². The molecular formula is C9H14N2O2. The van der Waals surface area contributed by atoms with Crippen molar-refractivity contribution in [2.24, 2.45) is 5.92 Å². The summed E-state index contributed by atoms with van der Waals surface area (Å²) in [6.45, 7) is 3.83. The lowest BCUT2D eigenvalue weighted by Gasteiger charge is -2.12. The standard InChI is InChI=1S/C9H14N2O2/c1-6(2)8(12)9-10-4-7(13-3)5-11-9/h4-6,8,12H,1-3H3. The van der Waals surface area contributed by atoms with Crippen molar-refractivity contribution in [1.29, 1.82) is 0 Å². The highest BCUT2D eigenvalue weighted by Crippen LogP contribution is 2.18. The van der Waals surface area contributed by atoms with Crippen LogP contribution >= 0.6 is 0 Å². The number of nitrogens with zero attached hydrogens (tertiary/aromatic N) is 2. The van der Waals surface area contributed by atoms with Gasteiger partial charge in [0.15, 0.2) is 11.6 Å². The molecule has 0 aliphatic carbocycles. The number of hydrogen-bond acceptors (Lipinski definition) is 4. The quantitative estimate of drug-likeness (QED) is 0.762. The number of aromatic nitrogens is 2. The molecule has 0 bridgehead atoms. The SMILES string of the molecule is COc1cnc(C(O)C(C)C)nc1. The third kappa shape index (κ3) is 2.39. The molecule has 4 nitrogen and oxygen atoms in total. The zero-order valence-electron chi connectivity index (χ0n) is 8.06. The lowest BCUT2D eigenvalue weighted by atomic mass is 10.1. The summed E-state index contributed by atoms with van der Waals surface area (Å²) in [5, 5.41) is 9.60. The third-order valence-electron chi connectivity index (χ3n) is 1.78. The van der Waals surface area contributed by atoms with Crippen molar-refractivity contribution < 1.29 is 9.84 Å². The predicted molar refractivity (Wildman–Crippen MR) is 48.4 cm³/mol. The van der Waals surface area contributed by atoms with E-state index < -0.39 is 6.10 Å². The molecule has 72 valence electrons. The number of aliphatic hydroxyl groups excluding tert-OH is 1. The van der Waals surface area contributed by atoms with Crippen LogP contribution in [0.5, 0.6) is 5.75 Å². The molecule has 0 aliphatic heterocycles. The van der Waals surface area contributed by atoms with E-state index in [-0.39, 0.29) is 5.92 Å². The van der Waals surface area contributed by atoms with Gasteiger partial charge in [0.25, 0.3) is 0 Å². The summed E-state index contributed by atoms with van der Waals surface area (Å²) in [4.78, 5) is 7.97. The second kappa shape index (κ2) is 4.18. The van der Waals surface area contributed by atoms with E-state index in [2.05, 4.69) is 9.97 Å². The maximum Gasteiger partial charge on any atom is 0.157 e. The van der Waals surface area contributed by atoms with Gasteiger partial charge in [-0.2, -0.15) is 0 Å². The van der Waals surface area contributed by atoms with Crippen LogP contribution in [-0.4, -0.2) is 22.2 Å². The van der Waals surface area contributed by atoms with Crippen LogP contribution in [0.25, 0.3) is 0 Å². The van der Waals surface area contributed by atoms with Gasteiger partial charge in [0.2, 0.25) is 0 Å². The molecule has 4 heteroatoms. The molecule has 1 unspecified atom stereocenters. The zero-order chi connectivity index (χ0) is 9.84. The van der Waals surface area contributed by atoms with Crippen LogP contribution in [0.3, 0.4) is 0 Å². The van der Waals surface area contributed by atoms with E-state index in [9.17, 15) is 5.11 Å². The Bertz CT molecular complexity index is 259. The molecule has 1 aromatic rings. The molecule has 1 N–H and O–H groups in total. The van der Waals surface area contributed by atoms with E-state index in [0.717, 1.165) is 0 Å². The lowest BCUT2D eigenvalue weighted by molar-refractivity contribution is 0.117. The Morgan fingerprint density at radius 2 is 1.85 bits per heavy atom. The molecule has 0 fully saturated rings. The van der Waals surface area contributed by atoms with Crippen molar-refractivity contribution >= 4 is 0 Å². The monoisotopic (exact) mass is 182 g/mol. The molecule has 1 aromatic heterocycles. The average molecular weight is 182 g/mol. The van der Waals surface area contributed by atoms with Gasteiger partial charge in [-0.1, -0.05) is 13.8 Å². The molecule has 0 saturated heterocycles. The van der Waals surface area contributed by atoms with E-state index in [1.54, 1.807) is 19.5 Å². The normalized spacial score (nSPS) is 13.0. The second-order valence-electron chi connectivity index (χ2n) is 3.17. The van der Waals surface area contributed by atoms with Crippen molar-refractivity contribution in [3.05, 3.63) is 18.2 Å². The number of aliphatic hydroxyl groups is 1. The van der Waals surface area contributed by atoms with Crippen molar-refractivity contribution in [2.75, 3.05) is 7.11 Å². The van der Waals surface area contributed by atoms with Gasteiger partial charge in [0.05, 0.1) is 19.5 Å². The Balaban J connectivity index is 2.79. The fraction of sp³-hybridized carbons (Fsp3) is 0.556. The first kappa shape index (κ1) is 9.92. The number of ether oxygens (including phenoxy) is 1. The number of rotatable bonds is 3. The molecule has 0 aliphatic rings. The minimum Gasteiger partial charge on any atom is -0.494 e.